The van der Waals surface area contributed by atoms with E-state index in [2.05, 4.69) is 25.3 Å². The molecule has 90 valence electrons. The smallest absolute Gasteiger partial charge is 0.225 e. The number of anilines is 1. The molecule has 8 heteroatoms. The Bertz CT molecular complexity index is 560. The molecule has 0 aliphatic rings. The Balaban J connectivity index is 2.64. The number of rotatable bonds is 3. The molecular weight excluding hydrogens is 284 g/mol. The predicted molar refractivity (Wildman–Crippen MR) is 68.9 cm³/mol. The van der Waals surface area contributed by atoms with E-state index in [4.69, 9.17) is 34.8 Å². The number of aromatic nitrogens is 4. The van der Waals surface area contributed by atoms with E-state index < -0.39 is 0 Å². The Kier molecular flexibility index (Phi) is 3.81. The van der Waals surface area contributed by atoms with Gasteiger partial charge in [-0.05, 0) is 29.6 Å². The zero-order valence-corrected chi connectivity index (χ0v) is 11.1. The van der Waals surface area contributed by atoms with Crippen molar-refractivity contribution in [1.29, 1.82) is 0 Å². The lowest BCUT2D eigenvalue weighted by Crippen LogP contribution is -2.05. The standard InChI is InChI=1S/C9H8Cl3N5/c1-2-3-13-7-5-4(14-9(12)17-7)6(10)16-8(11)15-5/h2-3H2,1H3,(H,13,14,17). The fourth-order valence-corrected chi connectivity index (χ4v) is 1.89. The van der Waals surface area contributed by atoms with E-state index in [1.54, 1.807) is 0 Å². The maximum Gasteiger partial charge on any atom is 0.225 e. The molecule has 2 aromatic rings. The van der Waals surface area contributed by atoms with E-state index in [1.165, 1.54) is 0 Å². The average molecular weight is 293 g/mol. The molecule has 2 aromatic heterocycles. The van der Waals surface area contributed by atoms with E-state index >= 15 is 0 Å². The maximum absolute atomic E-state index is 5.93. The Labute approximate surface area is 113 Å². The van der Waals surface area contributed by atoms with Crippen LogP contribution in [-0.4, -0.2) is 26.5 Å². The second kappa shape index (κ2) is 5.16. The molecule has 2 rings (SSSR count). The second-order valence-electron chi connectivity index (χ2n) is 3.25. The SMILES string of the molecule is CCCNc1nc(Cl)nc2c(Cl)nc(Cl)nc12. The number of hydrogen-bond donors (Lipinski definition) is 1. The summed E-state index contributed by atoms with van der Waals surface area (Å²) in [7, 11) is 0. The number of nitrogens with zero attached hydrogens (tertiary/aromatic N) is 4. The molecule has 0 saturated carbocycles. The summed E-state index contributed by atoms with van der Waals surface area (Å²) in [5, 5.41) is 3.38. The highest BCUT2D eigenvalue weighted by Gasteiger charge is 2.13. The van der Waals surface area contributed by atoms with Crippen LogP contribution >= 0.6 is 34.8 Å². The molecule has 0 bridgehead atoms. The third-order valence-corrected chi connectivity index (χ3v) is 2.59. The highest BCUT2D eigenvalue weighted by molar-refractivity contribution is 6.36. The second-order valence-corrected chi connectivity index (χ2v) is 4.28. The maximum atomic E-state index is 5.93. The van der Waals surface area contributed by atoms with Crippen LogP contribution in [0, 0.1) is 0 Å². The van der Waals surface area contributed by atoms with Crippen molar-refractivity contribution in [3.05, 3.63) is 15.7 Å². The molecule has 0 aliphatic heterocycles. The van der Waals surface area contributed by atoms with Crippen LogP contribution in [0.15, 0.2) is 0 Å². The van der Waals surface area contributed by atoms with Gasteiger partial charge in [-0.15, -0.1) is 0 Å². The molecule has 0 amide bonds. The van der Waals surface area contributed by atoms with Gasteiger partial charge in [-0.2, -0.15) is 4.98 Å². The number of fused-ring (bicyclic) bond motifs is 1. The van der Waals surface area contributed by atoms with Crippen molar-refractivity contribution in [3.63, 3.8) is 0 Å². The minimum absolute atomic E-state index is 0.0490. The lowest BCUT2D eigenvalue weighted by molar-refractivity contribution is 0.967. The van der Waals surface area contributed by atoms with E-state index in [1.807, 2.05) is 6.92 Å². The normalized spacial score (nSPS) is 10.8. The first-order valence-electron chi connectivity index (χ1n) is 4.92. The zero-order valence-electron chi connectivity index (χ0n) is 8.84. The fraction of sp³-hybridized carbons (Fsp3) is 0.333. The van der Waals surface area contributed by atoms with Gasteiger partial charge in [-0.3, -0.25) is 0 Å². The monoisotopic (exact) mass is 291 g/mol. The Morgan fingerprint density at radius 2 is 1.59 bits per heavy atom. The van der Waals surface area contributed by atoms with Crippen LogP contribution in [0.25, 0.3) is 11.0 Å². The van der Waals surface area contributed by atoms with Crippen molar-refractivity contribution in [3.8, 4) is 0 Å². The van der Waals surface area contributed by atoms with Crippen LogP contribution in [0.3, 0.4) is 0 Å². The lowest BCUT2D eigenvalue weighted by atomic mass is 10.4. The van der Waals surface area contributed by atoms with Gasteiger partial charge >= 0.3 is 0 Å². The molecule has 0 unspecified atom stereocenters. The van der Waals surface area contributed by atoms with Crippen LogP contribution in [0.5, 0.6) is 0 Å². The van der Waals surface area contributed by atoms with Gasteiger partial charge in [0, 0.05) is 6.54 Å². The first-order chi connectivity index (χ1) is 8.11. The van der Waals surface area contributed by atoms with Crippen molar-refractivity contribution in [1.82, 2.24) is 19.9 Å². The quantitative estimate of drug-likeness (QED) is 0.695. The molecular formula is C9H8Cl3N5. The molecule has 0 saturated heterocycles. The van der Waals surface area contributed by atoms with E-state index in [0.29, 0.717) is 16.9 Å². The molecule has 17 heavy (non-hydrogen) atoms. The van der Waals surface area contributed by atoms with E-state index in [9.17, 15) is 0 Å². The third kappa shape index (κ3) is 2.68. The lowest BCUT2D eigenvalue weighted by Gasteiger charge is -2.07. The predicted octanol–water partition coefficient (Wildman–Crippen LogP) is 3.20. The Morgan fingerprint density at radius 1 is 0.941 bits per heavy atom. The number of halogens is 3. The van der Waals surface area contributed by atoms with Gasteiger partial charge in [0.1, 0.15) is 11.0 Å². The molecule has 0 spiro atoms. The summed E-state index contributed by atoms with van der Waals surface area (Å²) in [6, 6.07) is 0. The Morgan fingerprint density at radius 3 is 2.29 bits per heavy atom. The van der Waals surface area contributed by atoms with Gasteiger partial charge in [0.15, 0.2) is 11.0 Å². The third-order valence-electron chi connectivity index (χ3n) is 1.99. The fourth-order valence-electron chi connectivity index (χ4n) is 1.30. The van der Waals surface area contributed by atoms with Crippen molar-refractivity contribution >= 4 is 51.7 Å². The van der Waals surface area contributed by atoms with Crippen LogP contribution in [0.2, 0.25) is 15.7 Å². The van der Waals surface area contributed by atoms with E-state index in [0.717, 1.165) is 13.0 Å². The number of nitrogens with one attached hydrogen (secondary N) is 1. The Hall–Kier alpha value is -0.910. The molecule has 0 fully saturated rings. The highest BCUT2D eigenvalue weighted by Crippen LogP contribution is 2.26. The van der Waals surface area contributed by atoms with Crippen LogP contribution in [0.4, 0.5) is 5.82 Å². The minimum atomic E-state index is 0.0490. The molecule has 5 nitrogen and oxygen atoms in total. The van der Waals surface area contributed by atoms with Gasteiger partial charge in [0.25, 0.3) is 0 Å². The van der Waals surface area contributed by atoms with Gasteiger partial charge in [-0.1, -0.05) is 18.5 Å². The summed E-state index contributed by atoms with van der Waals surface area (Å²) in [4.78, 5) is 15.9. The van der Waals surface area contributed by atoms with Gasteiger partial charge in [0.2, 0.25) is 10.6 Å². The topological polar surface area (TPSA) is 63.6 Å². The number of hydrogen-bond acceptors (Lipinski definition) is 5. The summed E-state index contributed by atoms with van der Waals surface area (Å²) >= 11 is 17.5. The summed E-state index contributed by atoms with van der Waals surface area (Å²) < 4.78 is 0. The van der Waals surface area contributed by atoms with Gasteiger partial charge in [-0.25, -0.2) is 15.0 Å². The highest BCUT2D eigenvalue weighted by atomic mass is 35.5. The summed E-state index contributed by atoms with van der Waals surface area (Å²) in [5.74, 6) is 0.507. The summed E-state index contributed by atoms with van der Waals surface area (Å²) in [6.07, 6.45) is 0.940. The molecule has 0 aliphatic carbocycles. The van der Waals surface area contributed by atoms with Crippen LogP contribution in [0.1, 0.15) is 13.3 Å². The molecule has 0 radical (unpaired) electrons. The van der Waals surface area contributed by atoms with Crippen molar-refractivity contribution in [2.75, 3.05) is 11.9 Å². The largest absolute Gasteiger partial charge is 0.368 e. The van der Waals surface area contributed by atoms with Gasteiger partial charge < -0.3 is 5.32 Å². The first-order valence-corrected chi connectivity index (χ1v) is 6.05. The van der Waals surface area contributed by atoms with Crippen LogP contribution < -0.4 is 5.32 Å². The van der Waals surface area contributed by atoms with Gasteiger partial charge in [0.05, 0.1) is 0 Å². The minimum Gasteiger partial charge on any atom is -0.368 e. The summed E-state index contributed by atoms with van der Waals surface area (Å²) in [6.45, 7) is 2.77. The molecule has 0 atom stereocenters. The first kappa shape index (κ1) is 12.5. The average Bonchev–Trinajstić information content (AvgIpc) is 2.27. The molecule has 0 aromatic carbocycles. The molecule has 1 N–H and O–H groups in total. The van der Waals surface area contributed by atoms with Crippen molar-refractivity contribution < 1.29 is 0 Å². The van der Waals surface area contributed by atoms with E-state index in [-0.39, 0.29) is 15.7 Å². The van der Waals surface area contributed by atoms with Crippen molar-refractivity contribution in [2.45, 2.75) is 13.3 Å². The van der Waals surface area contributed by atoms with Crippen LogP contribution in [-0.2, 0) is 0 Å². The van der Waals surface area contributed by atoms with Crippen molar-refractivity contribution in [2.24, 2.45) is 0 Å². The zero-order chi connectivity index (χ0) is 12.4. The molecule has 2 heterocycles. The summed E-state index contributed by atoms with van der Waals surface area (Å²) in [5.41, 5.74) is 0.850.